The van der Waals surface area contributed by atoms with Crippen LogP contribution in [0.5, 0.6) is 5.75 Å². The fourth-order valence-corrected chi connectivity index (χ4v) is 2.77. The molecule has 136 valence electrons. The first-order valence-corrected chi connectivity index (χ1v) is 8.94. The third-order valence-corrected chi connectivity index (χ3v) is 4.40. The van der Waals surface area contributed by atoms with Crippen molar-refractivity contribution in [1.29, 1.82) is 0 Å². The van der Waals surface area contributed by atoms with E-state index >= 15 is 0 Å². The van der Waals surface area contributed by atoms with Crippen LogP contribution in [0.4, 0.5) is 5.69 Å². The van der Waals surface area contributed by atoms with Gasteiger partial charge in [0.25, 0.3) is 0 Å². The van der Waals surface area contributed by atoms with Crippen molar-refractivity contribution in [2.45, 2.75) is 46.1 Å². The van der Waals surface area contributed by atoms with E-state index in [1.54, 1.807) is 12.1 Å². The predicted octanol–water partition coefficient (Wildman–Crippen LogP) is 3.95. The topological polar surface area (TPSA) is 64.6 Å². The molecule has 1 amide bonds. The lowest BCUT2D eigenvalue weighted by atomic mass is 9.82. The summed E-state index contributed by atoms with van der Waals surface area (Å²) in [6, 6.07) is 7.23. The molecule has 2 rings (SSSR count). The molecule has 1 aromatic carbocycles. The van der Waals surface area contributed by atoms with Crippen LogP contribution in [0.15, 0.2) is 36.4 Å². The summed E-state index contributed by atoms with van der Waals surface area (Å²) in [6.07, 6.45) is 5.61. The summed E-state index contributed by atoms with van der Waals surface area (Å²) in [5.74, 6) is -0.518. The minimum Gasteiger partial charge on any atom is -0.494 e. The van der Waals surface area contributed by atoms with Gasteiger partial charge in [-0.2, -0.15) is 0 Å². The van der Waals surface area contributed by atoms with Crippen LogP contribution in [-0.2, 0) is 14.3 Å². The average Bonchev–Trinajstić information content (AvgIpc) is 2.63. The number of hydrogen-bond acceptors (Lipinski definition) is 4. The standard InChI is InChI=1S/C20H27NO4/c1-4-14(3)25-20(23)18-9-7-6-8-17(18)19(22)21-15-10-12-16(13-11-15)24-5-2/h6-7,10-14,17-18H,4-5,8-9H2,1-3H3,(H,21,22)/t14-,17+,18+/m0/s1. The average molecular weight is 345 g/mol. The molecule has 0 radical (unpaired) electrons. The van der Waals surface area contributed by atoms with Gasteiger partial charge < -0.3 is 14.8 Å². The molecule has 0 fully saturated rings. The van der Waals surface area contributed by atoms with E-state index < -0.39 is 11.8 Å². The number of amides is 1. The van der Waals surface area contributed by atoms with Crippen molar-refractivity contribution in [3.8, 4) is 5.75 Å². The Balaban J connectivity index is 2.02. The van der Waals surface area contributed by atoms with Gasteiger partial charge in [-0.3, -0.25) is 9.59 Å². The zero-order valence-electron chi connectivity index (χ0n) is 15.2. The Morgan fingerprint density at radius 3 is 2.36 bits per heavy atom. The molecule has 0 heterocycles. The maximum atomic E-state index is 12.7. The molecule has 5 nitrogen and oxygen atoms in total. The van der Waals surface area contributed by atoms with Gasteiger partial charge in [-0.1, -0.05) is 19.1 Å². The highest BCUT2D eigenvalue weighted by molar-refractivity contribution is 5.95. The number of benzene rings is 1. The van der Waals surface area contributed by atoms with Crippen molar-refractivity contribution in [3.05, 3.63) is 36.4 Å². The number of anilines is 1. The minimum absolute atomic E-state index is 0.131. The molecule has 0 unspecified atom stereocenters. The Hall–Kier alpha value is -2.30. The van der Waals surface area contributed by atoms with Gasteiger partial charge in [0, 0.05) is 5.69 Å². The number of esters is 1. The van der Waals surface area contributed by atoms with Crippen molar-refractivity contribution in [2.75, 3.05) is 11.9 Å². The van der Waals surface area contributed by atoms with Crippen LogP contribution in [0.3, 0.4) is 0 Å². The summed E-state index contributed by atoms with van der Waals surface area (Å²) >= 11 is 0. The number of carbonyl (C=O) groups excluding carboxylic acids is 2. The summed E-state index contributed by atoms with van der Waals surface area (Å²) in [5.41, 5.74) is 0.692. The maximum absolute atomic E-state index is 12.7. The molecule has 1 aliphatic carbocycles. The fourth-order valence-electron chi connectivity index (χ4n) is 2.77. The smallest absolute Gasteiger partial charge is 0.310 e. The van der Waals surface area contributed by atoms with Gasteiger partial charge in [-0.05, 0) is 57.4 Å². The lowest BCUT2D eigenvalue weighted by molar-refractivity contribution is -0.157. The SMILES string of the molecule is CCOc1ccc(NC(=O)[C@@H]2CC=CC[C@H]2C(=O)O[C@@H](C)CC)cc1. The highest BCUT2D eigenvalue weighted by Gasteiger charge is 2.35. The van der Waals surface area contributed by atoms with Gasteiger partial charge in [-0.15, -0.1) is 0 Å². The molecular weight excluding hydrogens is 318 g/mol. The van der Waals surface area contributed by atoms with E-state index in [-0.39, 0.29) is 18.0 Å². The van der Waals surface area contributed by atoms with Crippen LogP contribution in [0.25, 0.3) is 0 Å². The molecule has 0 saturated carbocycles. The molecule has 0 bridgehead atoms. The van der Waals surface area contributed by atoms with E-state index in [0.717, 1.165) is 12.2 Å². The number of allylic oxidation sites excluding steroid dienone is 2. The summed E-state index contributed by atoms with van der Waals surface area (Å²) in [7, 11) is 0. The number of nitrogens with one attached hydrogen (secondary N) is 1. The van der Waals surface area contributed by atoms with Crippen LogP contribution in [0.2, 0.25) is 0 Å². The first kappa shape index (κ1) is 19.0. The number of carbonyl (C=O) groups is 2. The van der Waals surface area contributed by atoms with Gasteiger partial charge in [0.05, 0.1) is 24.5 Å². The minimum atomic E-state index is -0.429. The van der Waals surface area contributed by atoms with E-state index in [1.165, 1.54) is 0 Å². The molecule has 0 aliphatic heterocycles. The first-order valence-electron chi connectivity index (χ1n) is 8.94. The molecule has 3 atom stereocenters. The third-order valence-electron chi connectivity index (χ3n) is 4.40. The lowest BCUT2D eigenvalue weighted by Crippen LogP contribution is -2.36. The molecule has 0 aromatic heterocycles. The molecule has 25 heavy (non-hydrogen) atoms. The normalized spacial score (nSPS) is 20.6. The molecule has 5 heteroatoms. The molecule has 1 aliphatic rings. The van der Waals surface area contributed by atoms with Crippen molar-refractivity contribution >= 4 is 17.6 Å². The van der Waals surface area contributed by atoms with Crippen LogP contribution in [0.1, 0.15) is 40.0 Å². The summed E-state index contributed by atoms with van der Waals surface area (Å²) in [6.45, 7) is 6.35. The number of ether oxygens (including phenoxy) is 2. The lowest BCUT2D eigenvalue weighted by Gasteiger charge is -2.27. The van der Waals surface area contributed by atoms with E-state index in [1.807, 2.05) is 45.1 Å². The van der Waals surface area contributed by atoms with Crippen molar-refractivity contribution in [1.82, 2.24) is 0 Å². The van der Waals surface area contributed by atoms with Crippen LogP contribution < -0.4 is 10.1 Å². The largest absolute Gasteiger partial charge is 0.494 e. The van der Waals surface area contributed by atoms with E-state index in [4.69, 9.17) is 9.47 Å². The van der Waals surface area contributed by atoms with Crippen LogP contribution in [-0.4, -0.2) is 24.6 Å². The second kappa shape index (κ2) is 9.25. The Kier molecular flexibility index (Phi) is 7.04. The number of rotatable bonds is 7. The summed E-state index contributed by atoms with van der Waals surface area (Å²) in [4.78, 5) is 25.1. The molecule has 1 N–H and O–H groups in total. The Morgan fingerprint density at radius 2 is 1.76 bits per heavy atom. The quantitative estimate of drug-likeness (QED) is 0.600. The summed E-state index contributed by atoms with van der Waals surface area (Å²) < 4.78 is 10.8. The first-order chi connectivity index (χ1) is 12.0. The van der Waals surface area contributed by atoms with Gasteiger partial charge in [-0.25, -0.2) is 0 Å². The van der Waals surface area contributed by atoms with Crippen LogP contribution >= 0.6 is 0 Å². The van der Waals surface area contributed by atoms with Gasteiger partial charge >= 0.3 is 5.97 Å². The van der Waals surface area contributed by atoms with E-state index in [0.29, 0.717) is 25.1 Å². The van der Waals surface area contributed by atoms with Crippen molar-refractivity contribution < 1.29 is 19.1 Å². The molecule has 0 spiro atoms. The molecule has 1 aromatic rings. The third kappa shape index (κ3) is 5.34. The van der Waals surface area contributed by atoms with Crippen molar-refractivity contribution in [3.63, 3.8) is 0 Å². The zero-order valence-corrected chi connectivity index (χ0v) is 15.2. The molecule has 0 saturated heterocycles. The fraction of sp³-hybridized carbons (Fsp3) is 0.500. The zero-order chi connectivity index (χ0) is 18.2. The number of hydrogen-bond donors (Lipinski definition) is 1. The Bertz CT molecular complexity index is 609. The Labute approximate surface area is 149 Å². The van der Waals surface area contributed by atoms with E-state index in [2.05, 4.69) is 5.32 Å². The highest BCUT2D eigenvalue weighted by atomic mass is 16.5. The van der Waals surface area contributed by atoms with Crippen LogP contribution in [0, 0.1) is 11.8 Å². The molecular formula is C20H27NO4. The maximum Gasteiger partial charge on any atom is 0.310 e. The Morgan fingerprint density at radius 1 is 1.12 bits per heavy atom. The highest BCUT2D eigenvalue weighted by Crippen LogP contribution is 2.29. The monoisotopic (exact) mass is 345 g/mol. The van der Waals surface area contributed by atoms with Gasteiger partial charge in [0.2, 0.25) is 5.91 Å². The second-order valence-corrected chi connectivity index (χ2v) is 6.26. The second-order valence-electron chi connectivity index (χ2n) is 6.26. The van der Waals surface area contributed by atoms with E-state index in [9.17, 15) is 9.59 Å². The summed E-state index contributed by atoms with van der Waals surface area (Å²) in [5, 5.41) is 2.90. The van der Waals surface area contributed by atoms with Crippen molar-refractivity contribution in [2.24, 2.45) is 11.8 Å². The van der Waals surface area contributed by atoms with Gasteiger partial charge in [0.15, 0.2) is 0 Å². The van der Waals surface area contributed by atoms with Gasteiger partial charge in [0.1, 0.15) is 5.75 Å². The predicted molar refractivity (Wildman–Crippen MR) is 97.4 cm³/mol.